The second kappa shape index (κ2) is 5.51. The lowest BCUT2D eigenvalue weighted by Crippen LogP contribution is -2.57. The fraction of sp³-hybridized carbons (Fsp3) is 0.625. The van der Waals surface area contributed by atoms with Crippen molar-refractivity contribution in [3.05, 3.63) is 29.3 Å². The molecule has 3 heteroatoms. The zero-order valence-electron chi connectivity index (χ0n) is 13.0. The summed E-state index contributed by atoms with van der Waals surface area (Å²) in [6, 6.07) is 6.82. The molecule has 0 atom stereocenters. The van der Waals surface area contributed by atoms with Gasteiger partial charge in [0.1, 0.15) is 0 Å². The van der Waals surface area contributed by atoms with Crippen LogP contribution in [0.2, 0.25) is 0 Å². The Morgan fingerprint density at radius 3 is 2.58 bits per heavy atom. The van der Waals surface area contributed by atoms with Gasteiger partial charge in [-0.1, -0.05) is 12.1 Å². The van der Waals surface area contributed by atoms with E-state index in [4.69, 9.17) is 0 Å². The molecule has 1 aromatic carbocycles. The summed E-state index contributed by atoms with van der Waals surface area (Å²) in [5.41, 5.74) is 4.38. The van der Waals surface area contributed by atoms with E-state index in [1.807, 2.05) is 7.05 Å². The standard InChI is InChI=1S/C16H27N3/c1-13-10-14(11-17-4)6-7-15(13)19-9-8-18(5)16(2,3)12-19/h6-7,10,17H,8-9,11-12H2,1-5H3. The molecule has 0 aromatic heterocycles. The molecule has 0 unspecified atom stereocenters. The second-order valence-corrected chi connectivity index (χ2v) is 6.31. The fourth-order valence-electron chi connectivity index (χ4n) is 2.83. The molecular formula is C16H27N3. The van der Waals surface area contributed by atoms with E-state index >= 15 is 0 Å². The Morgan fingerprint density at radius 2 is 2.00 bits per heavy atom. The second-order valence-electron chi connectivity index (χ2n) is 6.31. The molecule has 0 amide bonds. The van der Waals surface area contributed by atoms with Crippen molar-refractivity contribution in [2.75, 3.05) is 38.6 Å². The Morgan fingerprint density at radius 1 is 1.26 bits per heavy atom. The first-order chi connectivity index (χ1) is 8.94. The Kier molecular flexibility index (Phi) is 4.16. The molecule has 1 fully saturated rings. The van der Waals surface area contributed by atoms with Gasteiger partial charge in [-0.25, -0.2) is 0 Å². The summed E-state index contributed by atoms with van der Waals surface area (Å²) in [5.74, 6) is 0. The zero-order valence-corrected chi connectivity index (χ0v) is 13.0. The zero-order chi connectivity index (χ0) is 14.0. The highest BCUT2D eigenvalue weighted by Crippen LogP contribution is 2.27. The summed E-state index contributed by atoms with van der Waals surface area (Å²) < 4.78 is 0. The van der Waals surface area contributed by atoms with Gasteiger partial charge in [-0.2, -0.15) is 0 Å². The van der Waals surface area contributed by atoms with E-state index in [-0.39, 0.29) is 5.54 Å². The van der Waals surface area contributed by atoms with Crippen molar-refractivity contribution in [1.29, 1.82) is 0 Å². The van der Waals surface area contributed by atoms with E-state index < -0.39 is 0 Å². The minimum atomic E-state index is 0.244. The molecule has 1 N–H and O–H groups in total. The number of hydrogen-bond acceptors (Lipinski definition) is 3. The van der Waals surface area contributed by atoms with Crippen LogP contribution in [0.5, 0.6) is 0 Å². The average molecular weight is 261 g/mol. The van der Waals surface area contributed by atoms with Crippen LogP contribution < -0.4 is 10.2 Å². The van der Waals surface area contributed by atoms with Crippen molar-refractivity contribution in [3.63, 3.8) is 0 Å². The molecule has 0 radical (unpaired) electrons. The maximum Gasteiger partial charge on any atom is 0.0397 e. The maximum absolute atomic E-state index is 3.21. The Labute approximate surface area is 117 Å². The molecule has 0 spiro atoms. The van der Waals surface area contributed by atoms with Gasteiger partial charge < -0.3 is 10.2 Å². The van der Waals surface area contributed by atoms with Gasteiger partial charge in [0.25, 0.3) is 0 Å². The Hall–Kier alpha value is -1.06. The molecule has 1 heterocycles. The Bertz CT molecular complexity index is 440. The minimum absolute atomic E-state index is 0.244. The number of rotatable bonds is 3. The largest absolute Gasteiger partial charge is 0.368 e. The Balaban J connectivity index is 2.18. The number of benzene rings is 1. The highest BCUT2D eigenvalue weighted by Gasteiger charge is 2.31. The number of anilines is 1. The summed E-state index contributed by atoms with van der Waals surface area (Å²) >= 11 is 0. The molecule has 19 heavy (non-hydrogen) atoms. The molecule has 1 aliphatic heterocycles. The SMILES string of the molecule is CNCc1ccc(N2CCN(C)C(C)(C)C2)c(C)c1. The highest BCUT2D eigenvalue weighted by molar-refractivity contribution is 5.55. The van der Waals surface area contributed by atoms with Gasteiger partial charge in [0, 0.05) is 37.4 Å². The van der Waals surface area contributed by atoms with E-state index in [9.17, 15) is 0 Å². The van der Waals surface area contributed by atoms with Gasteiger partial charge >= 0.3 is 0 Å². The third-order valence-electron chi connectivity index (χ3n) is 4.30. The highest BCUT2D eigenvalue weighted by atomic mass is 15.3. The molecule has 0 aliphatic carbocycles. The van der Waals surface area contributed by atoms with Crippen LogP contribution in [0, 0.1) is 6.92 Å². The van der Waals surface area contributed by atoms with E-state index in [1.54, 1.807) is 0 Å². The molecule has 1 saturated heterocycles. The van der Waals surface area contributed by atoms with Gasteiger partial charge in [-0.15, -0.1) is 0 Å². The lowest BCUT2D eigenvalue weighted by atomic mass is 9.98. The monoisotopic (exact) mass is 261 g/mol. The minimum Gasteiger partial charge on any atom is -0.368 e. The van der Waals surface area contributed by atoms with Crippen LogP contribution in [0.4, 0.5) is 5.69 Å². The third kappa shape index (κ3) is 3.10. The summed E-state index contributed by atoms with van der Waals surface area (Å²) in [4.78, 5) is 4.98. The first-order valence-electron chi connectivity index (χ1n) is 7.14. The topological polar surface area (TPSA) is 18.5 Å². The van der Waals surface area contributed by atoms with Gasteiger partial charge in [0.2, 0.25) is 0 Å². The van der Waals surface area contributed by atoms with Crippen LogP contribution in [-0.4, -0.2) is 44.2 Å². The van der Waals surface area contributed by atoms with Gasteiger partial charge in [0.05, 0.1) is 0 Å². The number of hydrogen-bond donors (Lipinski definition) is 1. The molecule has 1 aromatic rings. The predicted molar refractivity (Wildman–Crippen MR) is 82.9 cm³/mol. The molecule has 0 bridgehead atoms. The van der Waals surface area contributed by atoms with E-state index in [2.05, 4.69) is 61.1 Å². The van der Waals surface area contributed by atoms with Gasteiger partial charge in [-0.05, 0) is 52.1 Å². The van der Waals surface area contributed by atoms with Crippen LogP contribution in [0.15, 0.2) is 18.2 Å². The van der Waals surface area contributed by atoms with Gasteiger partial charge in [0.15, 0.2) is 0 Å². The van der Waals surface area contributed by atoms with E-state index in [0.29, 0.717) is 0 Å². The summed E-state index contributed by atoms with van der Waals surface area (Å²) in [5, 5.41) is 3.21. The van der Waals surface area contributed by atoms with Crippen molar-refractivity contribution < 1.29 is 0 Å². The van der Waals surface area contributed by atoms with E-state index in [0.717, 1.165) is 26.2 Å². The van der Waals surface area contributed by atoms with Crippen molar-refractivity contribution in [2.24, 2.45) is 0 Å². The molecule has 0 saturated carbocycles. The van der Waals surface area contributed by atoms with Crippen molar-refractivity contribution in [1.82, 2.24) is 10.2 Å². The summed E-state index contributed by atoms with van der Waals surface area (Å²) in [6.45, 7) is 11.1. The van der Waals surface area contributed by atoms with Gasteiger partial charge in [-0.3, -0.25) is 4.90 Å². The van der Waals surface area contributed by atoms with Crippen LogP contribution in [0.25, 0.3) is 0 Å². The number of nitrogens with one attached hydrogen (secondary N) is 1. The van der Waals surface area contributed by atoms with E-state index in [1.165, 1.54) is 16.8 Å². The smallest absolute Gasteiger partial charge is 0.0397 e. The quantitative estimate of drug-likeness (QED) is 0.900. The lowest BCUT2D eigenvalue weighted by Gasteiger charge is -2.46. The first kappa shape index (κ1) is 14.4. The number of aryl methyl sites for hydroxylation is 1. The van der Waals surface area contributed by atoms with Crippen LogP contribution in [0.3, 0.4) is 0 Å². The normalized spacial score (nSPS) is 19.7. The van der Waals surface area contributed by atoms with Crippen molar-refractivity contribution in [3.8, 4) is 0 Å². The fourth-order valence-corrected chi connectivity index (χ4v) is 2.83. The van der Waals surface area contributed by atoms with Crippen molar-refractivity contribution in [2.45, 2.75) is 32.9 Å². The van der Waals surface area contributed by atoms with Crippen LogP contribution in [-0.2, 0) is 6.54 Å². The number of piperazine rings is 1. The predicted octanol–water partition coefficient (Wildman–Crippen LogP) is 2.24. The summed E-state index contributed by atoms with van der Waals surface area (Å²) in [6.07, 6.45) is 0. The molecule has 3 nitrogen and oxygen atoms in total. The van der Waals surface area contributed by atoms with Crippen molar-refractivity contribution >= 4 is 5.69 Å². The van der Waals surface area contributed by atoms with Crippen LogP contribution >= 0.6 is 0 Å². The molecule has 1 aliphatic rings. The first-order valence-corrected chi connectivity index (χ1v) is 7.14. The van der Waals surface area contributed by atoms with Crippen LogP contribution in [0.1, 0.15) is 25.0 Å². The lowest BCUT2D eigenvalue weighted by molar-refractivity contribution is 0.139. The molecule has 2 rings (SSSR count). The average Bonchev–Trinajstić information content (AvgIpc) is 2.33. The maximum atomic E-state index is 3.21. The third-order valence-corrected chi connectivity index (χ3v) is 4.30. The summed E-state index contributed by atoms with van der Waals surface area (Å²) in [7, 11) is 4.21. The number of likely N-dealkylation sites (N-methyl/N-ethyl adjacent to an activating group) is 1. The number of nitrogens with zero attached hydrogens (tertiary/aromatic N) is 2. The molecule has 106 valence electrons. The molecular weight excluding hydrogens is 234 g/mol.